The molecular formula is C53H63FN12O5S. The Morgan fingerprint density at radius 2 is 1.69 bits per heavy atom. The first-order chi connectivity index (χ1) is 34.7. The number of piperazine rings is 1. The molecule has 4 atom stereocenters. The van der Waals surface area contributed by atoms with Crippen LogP contribution in [0.5, 0.6) is 0 Å². The van der Waals surface area contributed by atoms with Crippen molar-refractivity contribution in [3.63, 3.8) is 0 Å². The minimum Gasteiger partial charge on any atom is -0.391 e. The molecule has 0 bridgehead atoms. The lowest BCUT2D eigenvalue weighted by Crippen LogP contribution is -2.57. The van der Waals surface area contributed by atoms with Gasteiger partial charge in [-0.2, -0.15) is 0 Å². The number of aliphatic hydroxyl groups is 1. The number of nitrogens with zero attached hydrogens (tertiary/aromatic N) is 9. The second-order valence-corrected chi connectivity index (χ2v) is 20.9. The summed E-state index contributed by atoms with van der Waals surface area (Å²) >= 11 is 1.57. The van der Waals surface area contributed by atoms with Crippen molar-refractivity contribution in [2.75, 3.05) is 62.2 Å². The molecule has 4 aromatic heterocycles. The van der Waals surface area contributed by atoms with Crippen LogP contribution in [0.3, 0.4) is 0 Å². The van der Waals surface area contributed by atoms with Crippen LogP contribution in [-0.2, 0) is 25.7 Å². The summed E-state index contributed by atoms with van der Waals surface area (Å²) in [6.45, 7) is 11.7. The number of nitrogens with one attached hydrogen (secondary N) is 3. The van der Waals surface area contributed by atoms with E-state index in [4.69, 9.17) is 10.1 Å². The quantitative estimate of drug-likeness (QED) is 0.0888. The smallest absolute Gasteiger partial charge is 0.246 e. The van der Waals surface area contributed by atoms with Gasteiger partial charge in [0.25, 0.3) is 0 Å². The van der Waals surface area contributed by atoms with Gasteiger partial charge < -0.3 is 35.8 Å². The van der Waals surface area contributed by atoms with Crippen LogP contribution in [-0.4, -0.2) is 134 Å². The van der Waals surface area contributed by atoms with E-state index >= 15 is 0 Å². The summed E-state index contributed by atoms with van der Waals surface area (Å²) in [6, 6.07) is 22.7. The van der Waals surface area contributed by atoms with Crippen LogP contribution >= 0.6 is 11.3 Å². The lowest BCUT2D eigenvalue weighted by molar-refractivity contribution is -0.144. The Balaban J connectivity index is 0.717. The van der Waals surface area contributed by atoms with E-state index in [1.165, 1.54) is 11.0 Å². The number of halogens is 1. The summed E-state index contributed by atoms with van der Waals surface area (Å²) in [7, 11) is 0. The van der Waals surface area contributed by atoms with Gasteiger partial charge in [0.05, 0.1) is 46.7 Å². The summed E-state index contributed by atoms with van der Waals surface area (Å²) in [5, 5.41) is 24.4. The van der Waals surface area contributed by atoms with Crippen LogP contribution in [0.1, 0.15) is 75.7 Å². The van der Waals surface area contributed by atoms with E-state index in [0.29, 0.717) is 38.2 Å². The van der Waals surface area contributed by atoms with Crippen molar-refractivity contribution in [2.45, 2.75) is 90.6 Å². The Morgan fingerprint density at radius 3 is 2.44 bits per heavy atom. The number of benzene rings is 2. The fourth-order valence-electron chi connectivity index (χ4n) is 9.92. The number of β-amino-alcohol motifs (C(OH)–C–C–N with tert-alkyl or cyclic N) is 1. The Labute approximate surface area is 422 Å². The number of likely N-dealkylation sites (tertiary alicyclic amines) is 1. The molecule has 3 saturated heterocycles. The van der Waals surface area contributed by atoms with Crippen LogP contribution in [0.2, 0.25) is 0 Å². The topological polar surface area (TPSA) is 194 Å². The highest BCUT2D eigenvalue weighted by Crippen LogP contribution is 2.36. The highest BCUT2D eigenvalue weighted by Gasteiger charge is 2.44. The van der Waals surface area contributed by atoms with Crippen molar-refractivity contribution in [1.82, 2.24) is 50.3 Å². The van der Waals surface area contributed by atoms with Gasteiger partial charge in [-0.15, -0.1) is 16.4 Å². The monoisotopic (exact) mass is 998 g/mol. The van der Waals surface area contributed by atoms with E-state index in [9.17, 15) is 28.7 Å². The number of hydrogen-bond acceptors (Lipinski definition) is 13. The number of pyridine rings is 1. The summed E-state index contributed by atoms with van der Waals surface area (Å²) < 4.78 is 16.0. The van der Waals surface area contributed by atoms with Gasteiger partial charge in [0.1, 0.15) is 35.2 Å². The molecule has 0 aliphatic carbocycles. The maximum Gasteiger partial charge on any atom is 0.246 e. The van der Waals surface area contributed by atoms with Crippen LogP contribution < -0.4 is 25.8 Å². The number of rotatable bonds is 16. The molecule has 0 saturated carbocycles. The van der Waals surface area contributed by atoms with Crippen LogP contribution in [0, 0.1) is 18.2 Å². The number of anilines is 2. The zero-order chi connectivity index (χ0) is 50.5. The molecular weight excluding hydrogens is 936 g/mol. The number of hydrogen-bond donors (Lipinski definition) is 4. The van der Waals surface area contributed by atoms with Gasteiger partial charge in [-0.3, -0.25) is 24.1 Å². The van der Waals surface area contributed by atoms with Gasteiger partial charge in [-0.25, -0.2) is 23.9 Å². The third kappa shape index (κ3) is 11.6. The molecule has 3 aliphatic rings. The Morgan fingerprint density at radius 1 is 0.903 bits per heavy atom. The number of aryl methyl sites for hydroxylation is 1. The van der Waals surface area contributed by atoms with Crippen LogP contribution in [0.15, 0.2) is 90.6 Å². The van der Waals surface area contributed by atoms with E-state index in [1.54, 1.807) is 29.7 Å². The molecule has 72 heavy (non-hydrogen) atoms. The number of carbonyl (C=O) groups excluding carboxylic acids is 4. The summed E-state index contributed by atoms with van der Waals surface area (Å²) in [5.74, 6) is 0.0958. The molecule has 3 fully saturated rings. The average Bonchev–Trinajstić information content (AvgIpc) is 4.21. The minimum atomic E-state index is -0.946. The van der Waals surface area contributed by atoms with Gasteiger partial charge in [-0.05, 0) is 84.7 Å². The third-order valence-corrected chi connectivity index (χ3v) is 14.8. The summed E-state index contributed by atoms with van der Waals surface area (Å²) in [4.78, 5) is 76.9. The molecule has 19 heteroatoms. The molecule has 6 aromatic rings. The summed E-state index contributed by atoms with van der Waals surface area (Å²) in [6.07, 6.45) is 3.36. The van der Waals surface area contributed by atoms with Gasteiger partial charge in [0.2, 0.25) is 23.6 Å². The number of aromatic nitrogens is 5. The molecule has 4 amide bonds. The van der Waals surface area contributed by atoms with Gasteiger partial charge in [-0.1, -0.05) is 63.2 Å². The molecule has 3 aliphatic heterocycles. The van der Waals surface area contributed by atoms with Gasteiger partial charge in [0.15, 0.2) is 5.65 Å². The first kappa shape index (κ1) is 50.1. The third-order valence-electron chi connectivity index (χ3n) is 13.8. The van der Waals surface area contributed by atoms with E-state index in [2.05, 4.69) is 40.6 Å². The molecule has 17 nitrogen and oxygen atoms in total. The lowest BCUT2D eigenvalue weighted by Gasteiger charge is -2.35. The van der Waals surface area contributed by atoms with Crippen molar-refractivity contribution in [2.24, 2.45) is 5.41 Å². The van der Waals surface area contributed by atoms with E-state index in [1.807, 2.05) is 98.4 Å². The molecule has 0 spiro atoms. The van der Waals surface area contributed by atoms with Crippen molar-refractivity contribution >= 4 is 52.2 Å². The first-order valence-electron chi connectivity index (χ1n) is 24.8. The number of carbonyl (C=O) groups is 4. The molecule has 9 rings (SSSR count). The van der Waals surface area contributed by atoms with Crippen molar-refractivity contribution in [3.05, 3.63) is 113 Å². The SMILES string of the molecule is Cc1ncsc1-c1ccc(CNC(=O)[C@@H]2C[C@@H](O)CN2C(=O)[C@@H](NC(=O)CCCNC(=O)CN2CCN(c3cccc(-c4cnc5ccc(N6CCC[C@@H]6c6cccc(F)c6)nn45)n3)CC2)C(C)(C)C)cc1. The predicted molar refractivity (Wildman–Crippen MR) is 274 cm³/mol. The first-order valence-corrected chi connectivity index (χ1v) is 25.7. The molecule has 378 valence electrons. The number of thiazole rings is 1. The zero-order valence-electron chi connectivity index (χ0n) is 41.3. The van der Waals surface area contributed by atoms with E-state index < -0.39 is 29.5 Å². The fourth-order valence-corrected chi connectivity index (χ4v) is 10.7. The minimum absolute atomic E-state index is 0.0154. The number of amides is 4. The maximum atomic E-state index is 14.1. The van der Waals surface area contributed by atoms with Gasteiger partial charge >= 0.3 is 0 Å². The fraction of sp³-hybridized carbons (Fsp3) is 0.434. The Kier molecular flexibility index (Phi) is 15.2. The Hall–Kier alpha value is -6.83. The van der Waals surface area contributed by atoms with Crippen LogP contribution in [0.25, 0.3) is 27.5 Å². The van der Waals surface area contributed by atoms with Crippen molar-refractivity contribution < 1.29 is 28.7 Å². The highest BCUT2D eigenvalue weighted by atomic mass is 32.1. The molecule has 4 N–H and O–H groups in total. The lowest BCUT2D eigenvalue weighted by atomic mass is 9.85. The summed E-state index contributed by atoms with van der Waals surface area (Å²) in [5.41, 5.74) is 7.16. The second kappa shape index (κ2) is 21.9. The Bertz CT molecular complexity index is 2900. The average molecular weight is 999 g/mol. The maximum absolute atomic E-state index is 14.1. The number of imidazole rings is 1. The van der Waals surface area contributed by atoms with Crippen molar-refractivity contribution in [3.8, 4) is 21.8 Å². The molecule has 0 unspecified atom stereocenters. The molecule has 7 heterocycles. The molecule has 2 aromatic carbocycles. The van der Waals surface area contributed by atoms with Crippen molar-refractivity contribution in [1.29, 1.82) is 0 Å². The second-order valence-electron chi connectivity index (χ2n) is 20.1. The standard InChI is InChI=1S/C53H63FN12O5S/c1-34-49(72-33-58-34)36-17-15-35(16-18-36)29-57-51(70)42-28-39(67)31-65(42)52(71)50(53(2,3)4)60-47(68)14-7-21-55-48(69)32-62-23-25-63(26-24-62)45-13-6-11-40(59-45)43-30-56-44-19-20-46(61-66(43)44)64-22-8-12-41(64)37-9-5-10-38(54)27-37/h5-6,9-11,13,15-20,27,30,33,39,41-42,50,67H,7-8,12,14,21-26,28-29,31-32H2,1-4H3,(H,55,69)(H,57,70)(H,60,68)/t39-,41-,42+,50-/m1/s1. The zero-order valence-corrected chi connectivity index (χ0v) is 42.1. The molecule has 0 radical (unpaired) electrons. The van der Waals surface area contributed by atoms with Gasteiger partial charge in [0, 0.05) is 65.2 Å². The number of aliphatic hydroxyl groups excluding tert-OH is 1. The van der Waals surface area contributed by atoms with E-state index in [0.717, 1.165) is 69.7 Å². The number of fused-ring (bicyclic) bond motifs is 1. The van der Waals surface area contributed by atoms with Crippen LogP contribution in [0.4, 0.5) is 16.0 Å². The highest BCUT2D eigenvalue weighted by molar-refractivity contribution is 7.13. The predicted octanol–water partition coefficient (Wildman–Crippen LogP) is 5.53. The normalized spacial score (nSPS) is 18.9. The van der Waals surface area contributed by atoms with E-state index in [-0.39, 0.29) is 68.6 Å². The largest absolute Gasteiger partial charge is 0.391 e.